The van der Waals surface area contributed by atoms with Crippen molar-refractivity contribution >= 4 is 23.9 Å². The van der Waals surface area contributed by atoms with Gasteiger partial charge in [-0.05, 0) is 11.5 Å². The largest absolute Gasteiger partial charge is 0.441 e. The van der Waals surface area contributed by atoms with Gasteiger partial charge in [0.15, 0.2) is 0 Å². The Labute approximate surface area is 174 Å². The van der Waals surface area contributed by atoms with Crippen molar-refractivity contribution < 1.29 is 23.9 Å². The molecule has 1 atom stereocenters. The topological polar surface area (TPSA) is 99.3 Å². The molecule has 160 valence electrons. The van der Waals surface area contributed by atoms with Gasteiger partial charge in [-0.25, -0.2) is 9.59 Å². The number of nitrogens with zero attached hydrogens (tertiary/aromatic N) is 3. The summed E-state index contributed by atoms with van der Waals surface area (Å²) in [4.78, 5) is 52.6. The minimum Gasteiger partial charge on any atom is -0.441 e. The number of urea groups is 1. The summed E-state index contributed by atoms with van der Waals surface area (Å²) in [5, 5.41) is 2.41. The molecule has 30 heavy (non-hydrogen) atoms. The lowest BCUT2D eigenvalue weighted by Crippen LogP contribution is -2.51. The Morgan fingerprint density at radius 3 is 2.50 bits per heavy atom. The summed E-state index contributed by atoms with van der Waals surface area (Å²) in [5.74, 6) is -0.469. The summed E-state index contributed by atoms with van der Waals surface area (Å²) in [6.45, 7) is 3.72. The lowest BCUT2D eigenvalue weighted by Gasteiger charge is -2.37. The predicted octanol–water partition coefficient (Wildman–Crippen LogP) is 1.16. The van der Waals surface area contributed by atoms with Crippen LogP contribution in [0.4, 0.5) is 9.59 Å². The third-order valence-corrected chi connectivity index (χ3v) is 6.16. The molecule has 5 amide bonds. The number of amides is 5. The first-order chi connectivity index (χ1) is 14.4. The lowest BCUT2D eigenvalue weighted by atomic mass is 9.91. The van der Waals surface area contributed by atoms with E-state index in [-0.39, 0.29) is 31.0 Å². The molecule has 4 rings (SSSR count). The summed E-state index contributed by atoms with van der Waals surface area (Å²) < 4.78 is 5.76. The number of rotatable bonds is 5. The number of carbonyl (C=O) groups is 4. The van der Waals surface area contributed by atoms with Gasteiger partial charge < -0.3 is 19.9 Å². The molecule has 0 unspecified atom stereocenters. The van der Waals surface area contributed by atoms with Gasteiger partial charge in [0.25, 0.3) is 5.91 Å². The molecule has 1 N–H and O–H groups in total. The van der Waals surface area contributed by atoms with Crippen LogP contribution in [0.25, 0.3) is 0 Å². The minimum atomic E-state index is -0.578. The van der Waals surface area contributed by atoms with Crippen LogP contribution in [0.2, 0.25) is 0 Å². The van der Waals surface area contributed by atoms with E-state index >= 15 is 0 Å². The number of ether oxygens (including phenoxy) is 1. The van der Waals surface area contributed by atoms with Crippen LogP contribution in [0.15, 0.2) is 30.3 Å². The maximum Gasteiger partial charge on any atom is 0.410 e. The third-order valence-electron chi connectivity index (χ3n) is 6.16. The lowest BCUT2D eigenvalue weighted by molar-refractivity contribution is -0.139. The van der Waals surface area contributed by atoms with E-state index in [4.69, 9.17) is 4.74 Å². The molecular weight excluding hydrogens is 388 g/mol. The van der Waals surface area contributed by atoms with Crippen LogP contribution in [0.3, 0.4) is 0 Å². The van der Waals surface area contributed by atoms with Crippen molar-refractivity contribution in [3.8, 4) is 0 Å². The van der Waals surface area contributed by atoms with Crippen LogP contribution < -0.4 is 5.32 Å². The molecule has 3 aliphatic rings. The average Bonchev–Trinajstić information content (AvgIpc) is 3.22. The highest BCUT2D eigenvalue weighted by atomic mass is 16.6. The molecule has 1 aromatic rings. The van der Waals surface area contributed by atoms with Crippen molar-refractivity contribution in [2.24, 2.45) is 0 Å². The maximum absolute atomic E-state index is 12.5. The Morgan fingerprint density at radius 1 is 1.17 bits per heavy atom. The zero-order valence-corrected chi connectivity index (χ0v) is 17.0. The first-order valence-corrected chi connectivity index (χ1v) is 10.3. The highest BCUT2D eigenvalue weighted by molar-refractivity contribution is 6.04. The molecule has 3 saturated heterocycles. The Morgan fingerprint density at radius 2 is 1.87 bits per heavy atom. The second kappa shape index (κ2) is 7.97. The average molecular weight is 414 g/mol. The normalized spacial score (nSPS) is 21.8. The summed E-state index contributed by atoms with van der Waals surface area (Å²) in [6, 6.07) is 9.52. The quantitative estimate of drug-likeness (QED) is 0.729. The standard InChI is InChI=1S/C21H26N4O5/c1-15(16-5-3-2-4-6-16)12-24-14-21(30-20(24)29)7-9-23(10-8-21)18(27)13-25-17(26)11-22-19(25)28/h2-6,15H,7-14H2,1H3,(H,22,28)/t15-/m0/s1. The zero-order valence-electron chi connectivity index (χ0n) is 17.0. The highest BCUT2D eigenvalue weighted by Crippen LogP contribution is 2.34. The SMILES string of the molecule is C[C@@H](CN1CC2(CCN(C(=O)CN3C(=O)CNC3=O)CC2)OC1=O)c1ccccc1. The first kappa shape index (κ1) is 20.2. The Kier molecular flexibility index (Phi) is 5.36. The summed E-state index contributed by atoms with van der Waals surface area (Å²) in [5.41, 5.74) is 0.595. The van der Waals surface area contributed by atoms with Crippen LogP contribution in [-0.4, -0.2) is 83.5 Å². The first-order valence-electron chi connectivity index (χ1n) is 10.3. The fourth-order valence-electron chi connectivity index (χ4n) is 4.33. The number of piperidine rings is 1. The molecule has 3 aliphatic heterocycles. The van der Waals surface area contributed by atoms with Crippen LogP contribution in [-0.2, 0) is 14.3 Å². The number of nitrogens with one attached hydrogen (secondary N) is 1. The Bertz CT molecular complexity index is 834. The van der Waals surface area contributed by atoms with E-state index in [0.29, 0.717) is 39.0 Å². The zero-order chi connectivity index (χ0) is 21.3. The second-order valence-electron chi connectivity index (χ2n) is 8.26. The van der Waals surface area contributed by atoms with Gasteiger partial charge in [0.2, 0.25) is 5.91 Å². The molecule has 9 heteroatoms. The van der Waals surface area contributed by atoms with E-state index in [2.05, 4.69) is 24.4 Å². The molecule has 0 bridgehead atoms. The Hall–Kier alpha value is -3.10. The molecule has 3 heterocycles. The number of hydrogen-bond donors (Lipinski definition) is 1. The molecular formula is C21H26N4O5. The number of imide groups is 1. The van der Waals surface area contributed by atoms with E-state index in [1.165, 1.54) is 5.56 Å². The van der Waals surface area contributed by atoms with Gasteiger partial charge in [-0.3, -0.25) is 14.5 Å². The molecule has 0 aliphatic carbocycles. The van der Waals surface area contributed by atoms with Crippen molar-refractivity contribution in [1.29, 1.82) is 0 Å². The van der Waals surface area contributed by atoms with Crippen molar-refractivity contribution in [1.82, 2.24) is 20.0 Å². The van der Waals surface area contributed by atoms with Gasteiger partial charge in [-0.2, -0.15) is 0 Å². The molecule has 0 radical (unpaired) electrons. The van der Waals surface area contributed by atoms with Gasteiger partial charge in [0, 0.05) is 32.5 Å². The van der Waals surface area contributed by atoms with E-state index in [9.17, 15) is 19.2 Å². The monoisotopic (exact) mass is 414 g/mol. The number of hydrogen-bond acceptors (Lipinski definition) is 5. The molecule has 3 fully saturated rings. The van der Waals surface area contributed by atoms with Gasteiger partial charge in [0.05, 0.1) is 13.1 Å². The van der Waals surface area contributed by atoms with Crippen molar-refractivity contribution in [3.05, 3.63) is 35.9 Å². The van der Waals surface area contributed by atoms with Gasteiger partial charge >= 0.3 is 12.1 Å². The maximum atomic E-state index is 12.5. The van der Waals surface area contributed by atoms with Crippen LogP contribution >= 0.6 is 0 Å². The predicted molar refractivity (Wildman–Crippen MR) is 107 cm³/mol. The second-order valence-corrected chi connectivity index (χ2v) is 8.26. The molecule has 9 nitrogen and oxygen atoms in total. The summed E-state index contributed by atoms with van der Waals surface area (Å²) in [6.07, 6.45) is 0.777. The summed E-state index contributed by atoms with van der Waals surface area (Å²) in [7, 11) is 0. The van der Waals surface area contributed by atoms with Gasteiger partial charge in [0.1, 0.15) is 12.1 Å². The fraction of sp³-hybridized carbons (Fsp3) is 0.524. The van der Waals surface area contributed by atoms with Crippen LogP contribution in [0.1, 0.15) is 31.2 Å². The third kappa shape index (κ3) is 3.96. The van der Waals surface area contributed by atoms with E-state index in [1.54, 1.807) is 9.80 Å². The molecule has 1 aromatic carbocycles. The van der Waals surface area contributed by atoms with Crippen LogP contribution in [0.5, 0.6) is 0 Å². The number of benzene rings is 1. The fourth-order valence-corrected chi connectivity index (χ4v) is 4.33. The highest BCUT2D eigenvalue weighted by Gasteiger charge is 2.48. The molecule has 0 saturated carbocycles. The van der Waals surface area contributed by atoms with Crippen LogP contribution in [0, 0.1) is 0 Å². The van der Waals surface area contributed by atoms with Crippen molar-refractivity contribution in [2.75, 3.05) is 39.3 Å². The van der Waals surface area contributed by atoms with Gasteiger partial charge in [-0.15, -0.1) is 0 Å². The smallest absolute Gasteiger partial charge is 0.410 e. The van der Waals surface area contributed by atoms with E-state index in [0.717, 1.165) is 4.90 Å². The number of likely N-dealkylation sites (tertiary alicyclic amines) is 1. The summed E-state index contributed by atoms with van der Waals surface area (Å²) >= 11 is 0. The van der Waals surface area contributed by atoms with Gasteiger partial charge in [-0.1, -0.05) is 37.3 Å². The Balaban J connectivity index is 1.31. The molecule has 1 spiro atoms. The molecule has 0 aromatic heterocycles. The van der Waals surface area contributed by atoms with E-state index in [1.807, 2.05) is 18.2 Å². The van der Waals surface area contributed by atoms with E-state index < -0.39 is 17.5 Å². The van der Waals surface area contributed by atoms with Crippen molar-refractivity contribution in [2.45, 2.75) is 31.3 Å². The minimum absolute atomic E-state index is 0.0670. The number of carbonyl (C=O) groups excluding carboxylic acids is 4. The van der Waals surface area contributed by atoms with Crippen molar-refractivity contribution in [3.63, 3.8) is 0 Å².